The van der Waals surface area contributed by atoms with Gasteiger partial charge >= 0.3 is 0 Å². The van der Waals surface area contributed by atoms with E-state index in [-0.39, 0.29) is 11.8 Å². The number of benzene rings is 1. The van der Waals surface area contributed by atoms with Gasteiger partial charge in [0.1, 0.15) is 5.75 Å². The fraction of sp³-hybridized carbons (Fsp3) is 0.571. The van der Waals surface area contributed by atoms with Gasteiger partial charge in [0.15, 0.2) is 0 Å². The molecule has 6 heteroatoms. The molecule has 0 saturated carbocycles. The molecule has 0 radical (unpaired) electrons. The van der Waals surface area contributed by atoms with Crippen LogP contribution in [0.2, 0.25) is 0 Å². The first-order valence-corrected chi connectivity index (χ1v) is 8.41. The summed E-state index contributed by atoms with van der Waals surface area (Å²) in [5, 5.41) is 0. The van der Waals surface area contributed by atoms with Crippen molar-refractivity contribution in [2.75, 3.05) is 39.5 Å². The van der Waals surface area contributed by atoms with Crippen molar-refractivity contribution in [2.24, 2.45) is 0 Å². The number of hydrogen-bond donors (Lipinski definition) is 0. The SMILES string of the molecule is CCS(=O)(=O)N1CCN(C)C(c2cccc(OC)c2)C1. The number of hydrogen-bond acceptors (Lipinski definition) is 4. The second kappa shape index (κ2) is 6.11. The Morgan fingerprint density at radius 2 is 2.10 bits per heavy atom. The van der Waals surface area contributed by atoms with Gasteiger partial charge in [-0.25, -0.2) is 8.42 Å². The molecule has 2 rings (SSSR count). The van der Waals surface area contributed by atoms with Crippen LogP contribution in [0.5, 0.6) is 5.75 Å². The number of nitrogens with zero attached hydrogens (tertiary/aromatic N) is 2. The third-order valence-electron chi connectivity index (χ3n) is 3.85. The summed E-state index contributed by atoms with van der Waals surface area (Å²) in [5.41, 5.74) is 1.09. The molecule has 1 aliphatic heterocycles. The maximum absolute atomic E-state index is 12.0. The molecule has 1 unspecified atom stereocenters. The van der Waals surface area contributed by atoms with Crippen LogP contribution in [-0.2, 0) is 10.0 Å². The summed E-state index contributed by atoms with van der Waals surface area (Å²) in [6, 6.07) is 7.90. The third-order valence-corrected chi connectivity index (χ3v) is 5.70. The van der Waals surface area contributed by atoms with E-state index in [0.717, 1.165) is 17.9 Å². The van der Waals surface area contributed by atoms with Gasteiger partial charge in [-0.3, -0.25) is 4.90 Å². The van der Waals surface area contributed by atoms with E-state index in [9.17, 15) is 8.42 Å². The Hall–Kier alpha value is -1.11. The Kier molecular flexibility index (Phi) is 4.67. The Morgan fingerprint density at radius 1 is 1.35 bits per heavy atom. The molecular weight excluding hydrogens is 276 g/mol. The molecule has 0 aliphatic carbocycles. The lowest BCUT2D eigenvalue weighted by molar-refractivity contribution is 0.148. The lowest BCUT2D eigenvalue weighted by Crippen LogP contribution is -2.49. The predicted molar refractivity (Wildman–Crippen MR) is 79.4 cm³/mol. The number of likely N-dealkylation sites (N-methyl/N-ethyl adjacent to an activating group) is 1. The van der Waals surface area contributed by atoms with Crippen LogP contribution in [0, 0.1) is 0 Å². The third kappa shape index (κ3) is 3.13. The van der Waals surface area contributed by atoms with Gasteiger partial charge in [-0.1, -0.05) is 12.1 Å². The van der Waals surface area contributed by atoms with E-state index in [2.05, 4.69) is 4.90 Å². The second-order valence-electron chi connectivity index (χ2n) is 5.03. The van der Waals surface area contributed by atoms with Crippen LogP contribution in [0.15, 0.2) is 24.3 Å². The Balaban J connectivity index is 2.25. The highest BCUT2D eigenvalue weighted by Gasteiger charge is 2.31. The van der Waals surface area contributed by atoms with Crippen LogP contribution in [0.25, 0.3) is 0 Å². The summed E-state index contributed by atoms with van der Waals surface area (Å²) >= 11 is 0. The van der Waals surface area contributed by atoms with Crippen molar-refractivity contribution < 1.29 is 13.2 Å². The number of ether oxygens (including phenoxy) is 1. The van der Waals surface area contributed by atoms with Crippen LogP contribution >= 0.6 is 0 Å². The lowest BCUT2D eigenvalue weighted by Gasteiger charge is -2.38. The largest absolute Gasteiger partial charge is 0.497 e. The average Bonchev–Trinajstić information content (AvgIpc) is 2.47. The highest BCUT2D eigenvalue weighted by molar-refractivity contribution is 7.89. The zero-order valence-corrected chi connectivity index (χ0v) is 13.1. The normalized spacial score (nSPS) is 21.9. The van der Waals surface area contributed by atoms with Gasteiger partial charge in [-0.2, -0.15) is 4.31 Å². The first-order valence-electron chi connectivity index (χ1n) is 6.80. The van der Waals surface area contributed by atoms with Crippen molar-refractivity contribution in [1.29, 1.82) is 0 Å². The van der Waals surface area contributed by atoms with E-state index in [4.69, 9.17) is 4.74 Å². The van der Waals surface area contributed by atoms with Crippen LogP contribution in [0.4, 0.5) is 0 Å². The lowest BCUT2D eigenvalue weighted by atomic mass is 10.0. The maximum atomic E-state index is 12.0. The minimum absolute atomic E-state index is 0.0696. The van der Waals surface area contributed by atoms with Gasteiger partial charge in [0.25, 0.3) is 0 Å². The van der Waals surface area contributed by atoms with Gasteiger partial charge in [-0.05, 0) is 31.7 Å². The minimum atomic E-state index is -3.13. The average molecular weight is 298 g/mol. The Labute approximate surface area is 121 Å². The molecule has 1 aromatic carbocycles. The Bertz CT molecular complexity index is 559. The van der Waals surface area contributed by atoms with E-state index >= 15 is 0 Å². The molecule has 1 fully saturated rings. The second-order valence-corrected chi connectivity index (χ2v) is 7.29. The summed E-state index contributed by atoms with van der Waals surface area (Å²) in [4.78, 5) is 2.19. The molecule has 1 aromatic rings. The molecule has 112 valence electrons. The predicted octanol–water partition coefficient (Wildman–Crippen LogP) is 1.33. The van der Waals surface area contributed by atoms with Crippen molar-refractivity contribution in [1.82, 2.24) is 9.21 Å². The summed E-state index contributed by atoms with van der Waals surface area (Å²) < 4.78 is 30.9. The zero-order chi connectivity index (χ0) is 14.8. The standard InChI is InChI=1S/C14H22N2O3S/c1-4-20(17,18)16-9-8-15(2)14(11-16)12-6-5-7-13(10-12)19-3/h5-7,10,14H,4,8-9,11H2,1-3H3. The molecule has 0 bridgehead atoms. The molecule has 5 nitrogen and oxygen atoms in total. The highest BCUT2D eigenvalue weighted by atomic mass is 32.2. The molecule has 0 N–H and O–H groups in total. The minimum Gasteiger partial charge on any atom is -0.497 e. The molecule has 1 saturated heterocycles. The monoisotopic (exact) mass is 298 g/mol. The topological polar surface area (TPSA) is 49.9 Å². The number of rotatable bonds is 4. The first-order chi connectivity index (χ1) is 9.47. The molecule has 1 atom stereocenters. The van der Waals surface area contributed by atoms with Gasteiger partial charge in [-0.15, -0.1) is 0 Å². The van der Waals surface area contributed by atoms with Crippen molar-refractivity contribution in [3.8, 4) is 5.75 Å². The number of sulfonamides is 1. The number of piperazine rings is 1. The summed E-state index contributed by atoms with van der Waals surface area (Å²) in [7, 11) is 0.538. The van der Waals surface area contributed by atoms with Crippen molar-refractivity contribution >= 4 is 10.0 Å². The van der Waals surface area contributed by atoms with Crippen molar-refractivity contribution in [2.45, 2.75) is 13.0 Å². The summed E-state index contributed by atoms with van der Waals surface area (Å²) in [6.07, 6.45) is 0. The molecule has 20 heavy (non-hydrogen) atoms. The number of methoxy groups -OCH3 is 1. The van der Waals surface area contributed by atoms with Gasteiger partial charge in [0.05, 0.1) is 12.9 Å². The highest BCUT2D eigenvalue weighted by Crippen LogP contribution is 2.27. The van der Waals surface area contributed by atoms with Crippen LogP contribution in [0.1, 0.15) is 18.5 Å². The zero-order valence-electron chi connectivity index (χ0n) is 12.2. The van der Waals surface area contributed by atoms with E-state index in [0.29, 0.717) is 13.1 Å². The van der Waals surface area contributed by atoms with E-state index in [1.807, 2.05) is 31.3 Å². The summed E-state index contributed by atoms with van der Waals surface area (Å²) in [5.74, 6) is 0.952. The van der Waals surface area contributed by atoms with E-state index in [1.165, 1.54) is 0 Å². The van der Waals surface area contributed by atoms with Gasteiger partial charge in [0.2, 0.25) is 10.0 Å². The van der Waals surface area contributed by atoms with Gasteiger partial charge in [0, 0.05) is 25.7 Å². The molecule has 1 aliphatic rings. The molecule has 0 spiro atoms. The molecule has 0 aromatic heterocycles. The van der Waals surface area contributed by atoms with E-state index in [1.54, 1.807) is 18.3 Å². The summed E-state index contributed by atoms with van der Waals surface area (Å²) in [6.45, 7) is 3.49. The van der Waals surface area contributed by atoms with E-state index < -0.39 is 10.0 Å². The maximum Gasteiger partial charge on any atom is 0.213 e. The Morgan fingerprint density at radius 3 is 2.75 bits per heavy atom. The van der Waals surface area contributed by atoms with Gasteiger partial charge < -0.3 is 4.74 Å². The van der Waals surface area contributed by atoms with Crippen molar-refractivity contribution in [3.63, 3.8) is 0 Å². The van der Waals surface area contributed by atoms with Crippen LogP contribution < -0.4 is 4.74 Å². The fourth-order valence-electron chi connectivity index (χ4n) is 2.49. The molecule has 1 heterocycles. The quantitative estimate of drug-likeness (QED) is 0.841. The first kappa shape index (κ1) is 15.3. The van der Waals surface area contributed by atoms with Crippen LogP contribution in [0.3, 0.4) is 0 Å². The molecule has 0 amide bonds. The molecular formula is C14H22N2O3S. The fourth-order valence-corrected chi connectivity index (χ4v) is 3.59. The smallest absolute Gasteiger partial charge is 0.213 e. The van der Waals surface area contributed by atoms with Crippen LogP contribution in [-0.4, -0.2) is 57.2 Å². The van der Waals surface area contributed by atoms with Crippen molar-refractivity contribution in [3.05, 3.63) is 29.8 Å².